The zero-order chi connectivity index (χ0) is 9.40. The van der Waals surface area contributed by atoms with E-state index in [0.717, 1.165) is 0 Å². The van der Waals surface area contributed by atoms with Crippen LogP contribution in [-0.2, 0) is 15.6 Å². The summed E-state index contributed by atoms with van der Waals surface area (Å²) in [5.41, 5.74) is 5.23. The van der Waals surface area contributed by atoms with Crippen LogP contribution in [0.2, 0.25) is 0 Å². The molecule has 0 rings (SSSR count). The Bertz CT molecular complexity index is 161. The summed E-state index contributed by atoms with van der Waals surface area (Å²) in [6, 6.07) is 0. The van der Waals surface area contributed by atoms with Crippen molar-refractivity contribution in [2.24, 2.45) is 5.73 Å². The molecule has 0 radical (unpaired) electrons. The fourth-order valence-electron chi connectivity index (χ4n) is 0.711. The molecule has 0 fully saturated rings. The minimum atomic E-state index is -1.04. The predicted octanol–water partition coefficient (Wildman–Crippen LogP) is -0.780. The van der Waals surface area contributed by atoms with E-state index in [-0.39, 0.29) is 11.7 Å². The van der Waals surface area contributed by atoms with E-state index in [1.165, 1.54) is 0 Å². The van der Waals surface area contributed by atoms with Gasteiger partial charge >= 0.3 is 0 Å². The molecule has 0 spiro atoms. The maximum absolute atomic E-state index is 11.1. The van der Waals surface area contributed by atoms with Crippen LogP contribution in [0.25, 0.3) is 0 Å². The lowest BCUT2D eigenvalue weighted by Gasteiger charge is -2.01. The summed E-state index contributed by atoms with van der Waals surface area (Å²) in [6.45, 7) is 2.95. The second-order valence-electron chi connectivity index (χ2n) is 2.38. The van der Waals surface area contributed by atoms with Crippen molar-refractivity contribution in [2.45, 2.75) is 13.3 Å². The largest absolute Gasteiger partial charge is 0.356 e. The highest BCUT2D eigenvalue weighted by Gasteiger charge is 2.05. The van der Waals surface area contributed by atoms with Crippen LogP contribution < -0.4 is 11.1 Å². The summed E-state index contributed by atoms with van der Waals surface area (Å²) in [5, 5.41) is 2.59. The molecule has 1 unspecified atom stereocenters. The fourth-order valence-corrected chi connectivity index (χ4v) is 1.74. The van der Waals surface area contributed by atoms with Crippen molar-refractivity contribution in [3.63, 3.8) is 0 Å². The molecule has 4 nitrogen and oxygen atoms in total. The fraction of sp³-hybridized carbons (Fsp3) is 0.857. The molecule has 0 aromatic heterocycles. The Morgan fingerprint density at radius 3 is 2.75 bits per heavy atom. The van der Waals surface area contributed by atoms with Crippen molar-refractivity contribution in [1.29, 1.82) is 0 Å². The summed E-state index contributed by atoms with van der Waals surface area (Å²) < 4.78 is 11.1. The Labute approximate surface area is 75.4 Å². The van der Waals surface area contributed by atoms with Crippen molar-refractivity contribution in [2.75, 3.05) is 24.6 Å². The number of rotatable bonds is 6. The molecule has 0 aliphatic carbocycles. The molecule has 12 heavy (non-hydrogen) atoms. The van der Waals surface area contributed by atoms with Crippen molar-refractivity contribution in [3.8, 4) is 0 Å². The first-order valence-corrected chi connectivity index (χ1v) is 5.51. The topological polar surface area (TPSA) is 72.2 Å². The minimum absolute atomic E-state index is 0.105. The molecule has 0 aromatic carbocycles. The van der Waals surface area contributed by atoms with Crippen LogP contribution >= 0.6 is 0 Å². The SMILES string of the molecule is CCNC(=O)CS(=O)CCCN. The normalized spacial score (nSPS) is 12.5. The van der Waals surface area contributed by atoms with Crippen molar-refractivity contribution < 1.29 is 9.00 Å². The van der Waals surface area contributed by atoms with E-state index >= 15 is 0 Å². The Balaban J connectivity index is 3.47. The first-order valence-electron chi connectivity index (χ1n) is 4.02. The molecular weight excluding hydrogens is 176 g/mol. The third-order valence-corrected chi connectivity index (χ3v) is 2.57. The molecule has 3 N–H and O–H groups in total. The standard InChI is InChI=1S/C7H16N2O2S/c1-2-9-7(10)6-12(11)5-3-4-8/h2-6,8H2,1H3,(H,9,10). The molecule has 0 aliphatic heterocycles. The molecule has 0 aliphatic rings. The molecule has 0 saturated heterocycles. The summed E-state index contributed by atoms with van der Waals surface area (Å²) in [5.74, 6) is 0.481. The van der Waals surface area contributed by atoms with Crippen LogP contribution in [0.4, 0.5) is 0 Å². The lowest BCUT2D eigenvalue weighted by Crippen LogP contribution is -2.28. The van der Waals surface area contributed by atoms with Crippen LogP contribution in [0, 0.1) is 0 Å². The predicted molar refractivity (Wildman–Crippen MR) is 50.2 cm³/mol. The van der Waals surface area contributed by atoms with Gasteiger partial charge in [0.2, 0.25) is 5.91 Å². The molecule has 0 bridgehead atoms. The third-order valence-electron chi connectivity index (χ3n) is 1.24. The Hall–Kier alpha value is -0.420. The minimum Gasteiger partial charge on any atom is -0.356 e. The first-order chi connectivity index (χ1) is 5.70. The number of carbonyl (C=O) groups is 1. The molecule has 0 heterocycles. The molecule has 0 aromatic rings. The average molecular weight is 192 g/mol. The Kier molecular flexibility index (Phi) is 6.99. The van der Waals surface area contributed by atoms with Crippen LogP contribution in [0.1, 0.15) is 13.3 Å². The van der Waals surface area contributed by atoms with Gasteiger partial charge in [-0.2, -0.15) is 0 Å². The third kappa shape index (κ3) is 6.30. The number of hydrogen-bond acceptors (Lipinski definition) is 3. The van der Waals surface area contributed by atoms with E-state index in [0.29, 0.717) is 25.3 Å². The molecule has 1 atom stereocenters. The number of amides is 1. The van der Waals surface area contributed by atoms with Gasteiger partial charge in [0.1, 0.15) is 5.75 Å². The van der Waals surface area contributed by atoms with E-state index in [4.69, 9.17) is 5.73 Å². The van der Waals surface area contributed by atoms with Gasteiger partial charge in [0.15, 0.2) is 0 Å². The quantitative estimate of drug-likeness (QED) is 0.580. The van der Waals surface area contributed by atoms with Gasteiger partial charge in [-0.3, -0.25) is 9.00 Å². The van der Waals surface area contributed by atoms with Gasteiger partial charge < -0.3 is 11.1 Å². The number of nitrogens with one attached hydrogen (secondary N) is 1. The van der Waals surface area contributed by atoms with Gasteiger partial charge in [-0.25, -0.2) is 0 Å². The van der Waals surface area contributed by atoms with Gasteiger partial charge in [0, 0.05) is 23.1 Å². The highest BCUT2D eigenvalue weighted by Crippen LogP contribution is 1.86. The Morgan fingerprint density at radius 2 is 2.25 bits per heavy atom. The summed E-state index contributed by atoms with van der Waals surface area (Å²) in [6.07, 6.45) is 0.714. The number of nitrogens with two attached hydrogens (primary N) is 1. The Morgan fingerprint density at radius 1 is 1.58 bits per heavy atom. The van der Waals surface area contributed by atoms with Crippen molar-refractivity contribution in [1.82, 2.24) is 5.32 Å². The smallest absolute Gasteiger partial charge is 0.232 e. The zero-order valence-electron chi connectivity index (χ0n) is 7.34. The maximum atomic E-state index is 11.1. The molecule has 5 heteroatoms. The van der Waals surface area contributed by atoms with Crippen LogP contribution in [-0.4, -0.2) is 34.7 Å². The van der Waals surface area contributed by atoms with E-state index in [9.17, 15) is 9.00 Å². The van der Waals surface area contributed by atoms with Crippen LogP contribution in [0.15, 0.2) is 0 Å². The van der Waals surface area contributed by atoms with Crippen LogP contribution in [0.3, 0.4) is 0 Å². The average Bonchev–Trinajstić information content (AvgIpc) is 2.01. The van der Waals surface area contributed by atoms with Crippen molar-refractivity contribution >= 4 is 16.7 Å². The highest BCUT2D eigenvalue weighted by atomic mass is 32.2. The van der Waals surface area contributed by atoms with Gasteiger partial charge in [-0.1, -0.05) is 0 Å². The van der Waals surface area contributed by atoms with Gasteiger partial charge in [0.25, 0.3) is 0 Å². The second-order valence-corrected chi connectivity index (χ2v) is 3.96. The van der Waals surface area contributed by atoms with E-state index in [1.807, 2.05) is 6.92 Å². The lowest BCUT2D eigenvalue weighted by atomic mass is 10.5. The molecule has 0 saturated carbocycles. The van der Waals surface area contributed by atoms with Crippen molar-refractivity contribution in [3.05, 3.63) is 0 Å². The highest BCUT2D eigenvalue weighted by molar-refractivity contribution is 7.85. The van der Waals surface area contributed by atoms with Gasteiger partial charge in [-0.05, 0) is 19.9 Å². The summed E-state index contributed by atoms with van der Waals surface area (Å²) >= 11 is 0. The summed E-state index contributed by atoms with van der Waals surface area (Å²) in [4.78, 5) is 10.9. The van der Waals surface area contributed by atoms with Gasteiger partial charge in [-0.15, -0.1) is 0 Å². The molecule has 72 valence electrons. The zero-order valence-corrected chi connectivity index (χ0v) is 8.15. The van der Waals surface area contributed by atoms with E-state index in [1.54, 1.807) is 0 Å². The maximum Gasteiger partial charge on any atom is 0.232 e. The molecular formula is C7H16N2O2S. The van der Waals surface area contributed by atoms with E-state index in [2.05, 4.69) is 5.32 Å². The number of carbonyl (C=O) groups excluding carboxylic acids is 1. The first kappa shape index (κ1) is 11.6. The summed E-state index contributed by atoms with van der Waals surface area (Å²) in [7, 11) is -1.04. The van der Waals surface area contributed by atoms with Gasteiger partial charge in [0.05, 0.1) is 0 Å². The van der Waals surface area contributed by atoms with E-state index < -0.39 is 10.8 Å². The second kappa shape index (κ2) is 7.24. The lowest BCUT2D eigenvalue weighted by molar-refractivity contribution is -0.118. The monoisotopic (exact) mass is 192 g/mol. The molecule has 1 amide bonds. The number of hydrogen-bond donors (Lipinski definition) is 2. The van der Waals surface area contributed by atoms with Crippen LogP contribution in [0.5, 0.6) is 0 Å².